The number of nitrogens with zero attached hydrogens (tertiary/aromatic N) is 3. The first-order chi connectivity index (χ1) is 19.6. The third-order valence-corrected chi connectivity index (χ3v) is 6.35. The number of nitrogens with two attached hydrogens (primary N) is 1. The average Bonchev–Trinajstić information content (AvgIpc) is 3.47. The van der Waals surface area contributed by atoms with Crippen molar-refractivity contribution in [3.63, 3.8) is 0 Å². The number of methoxy groups -OCH3 is 2. The van der Waals surface area contributed by atoms with Gasteiger partial charge in [-0.25, -0.2) is 9.36 Å². The lowest BCUT2D eigenvalue weighted by atomic mass is 9.87. The zero-order valence-corrected chi connectivity index (χ0v) is 23.6. The highest BCUT2D eigenvalue weighted by atomic mass is 16.5. The summed E-state index contributed by atoms with van der Waals surface area (Å²) in [5, 5.41) is 10.4. The molecule has 1 atom stereocenters. The number of nitrogen functional groups attached to an aromatic ring is 1. The van der Waals surface area contributed by atoms with Gasteiger partial charge in [0, 0.05) is 0 Å². The van der Waals surface area contributed by atoms with E-state index >= 15 is 0 Å². The van der Waals surface area contributed by atoms with Crippen molar-refractivity contribution in [1.82, 2.24) is 9.55 Å². The molecule has 0 spiro atoms. The normalized spacial score (nSPS) is 14.6. The van der Waals surface area contributed by atoms with E-state index in [9.17, 15) is 10.1 Å². The van der Waals surface area contributed by atoms with Crippen LogP contribution in [0.1, 0.15) is 50.4 Å². The van der Waals surface area contributed by atoms with Crippen molar-refractivity contribution in [2.75, 3.05) is 20.0 Å². The quantitative estimate of drug-likeness (QED) is 0.342. The van der Waals surface area contributed by atoms with Crippen molar-refractivity contribution in [2.45, 2.75) is 45.8 Å². The van der Waals surface area contributed by atoms with Crippen molar-refractivity contribution < 1.29 is 27.8 Å². The van der Waals surface area contributed by atoms with Crippen molar-refractivity contribution in [2.24, 2.45) is 0 Å². The standard InChI is InChI=1S/C30H30N4O7/c1-15(2)38-21-9-7-17(12-23(21)36-5)11-20-29(35)40-27-19(14-31)25(26-28(34(20)27)41-30(32)33-26)18-8-10-22(39-16(3)4)24(13-18)37-6/h7-13,15-16,25H,1-6H3,(H2,32,33)/b20-11-/t25-/m1/s1. The Balaban J connectivity index is 1.73. The maximum Gasteiger partial charge on any atom is 0.362 e. The van der Waals surface area contributed by atoms with E-state index in [4.69, 9.17) is 33.5 Å². The zero-order valence-electron chi connectivity index (χ0n) is 23.6. The molecular formula is C30H30N4O7. The summed E-state index contributed by atoms with van der Waals surface area (Å²) in [7, 11) is 3.07. The Bertz CT molecular complexity index is 1840. The maximum absolute atomic E-state index is 13.2. The molecule has 11 nitrogen and oxygen atoms in total. The summed E-state index contributed by atoms with van der Waals surface area (Å²) >= 11 is 0. The largest absolute Gasteiger partial charge is 0.493 e. The molecule has 0 radical (unpaired) electrons. The number of ether oxygens (including phenoxy) is 4. The van der Waals surface area contributed by atoms with Crippen LogP contribution in [-0.4, -0.2) is 36.0 Å². The van der Waals surface area contributed by atoms with Gasteiger partial charge in [0.1, 0.15) is 22.7 Å². The molecule has 0 unspecified atom stereocenters. The van der Waals surface area contributed by atoms with Crippen LogP contribution in [0.25, 0.3) is 17.5 Å². The van der Waals surface area contributed by atoms with Gasteiger partial charge >= 0.3 is 5.63 Å². The van der Waals surface area contributed by atoms with Gasteiger partial charge in [0.2, 0.25) is 11.4 Å². The summed E-state index contributed by atoms with van der Waals surface area (Å²) in [4.78, 5) is 17.6. The molecule has 2 aromatic carbocycles. The predicted molar refractivity (Wildman–Crippen MR) is 150 cm³/mol. The molecule has 2 aromatic heterocycles. The lowest BCUT2D eigenvalue weighted by Crippen LogP contribution is -2.35. The van der Waals surface area contributed by atoms with Gasteiger partial charge in [-0.3, -0.25) is 0 Å². The summed E-state index contributed by atoms with van der Waals surface area (Å²) in [6.45, 7) is 7.65. The molecule has 1 aliphatic rings. The van der Waals surface area contributed by atoms with E-state index in [-0.39, 0.29) is 40.6 Å². The Hall–Kier alpha value is -5.11. The number of anilines is 1. The summed E-state index contributed by atoms with van der Waals surface area (Å²) in [6, 6.07) is 12.7. The smallest absolute Gasteiger partial charge is 0.362 e. The highest BCUT2D eigenvalue weighted by molar-refractivity contribution is 5.73. The van der Waals surface area contributed by atoms with E-state index in [1.165, 1.54) is 18.8 Å². The van der Waals surface area contributed by atoms with Crippen LogP contribution >= 0.6 is 0 Å². The van der Waals surface area contributed by atoms with Crippen LogP contribution in [0.5, 0.6) is 23.0 Å². The predicted octanol–water partition coefficient (Wildman–Crippen LogP) is 3.24. The highest BCUT2D eigenvalue weighted by Gasteiger charge is 2.36. The van der Waals surface area contributed by atoms with Crippen molar-refractivity contribution in [3.8, 4) is 35.0 Å². The second-order valence-electron chi connectivity index (χ2n) is 9.91. The number of fused-ring (bicyclic) bond motifs is 3. The minimum atomic E-state index is -0.746. The molecule has 5 rings (SSSR count). The lowest BCUT2D eigenvalue weighted by Gasteiger charge is -2.21. The summed E-state index contributed by atoms with van der Waals surface area (Å²) < 4.78 is 35.6. The molecule has 4 aromatic rings. The number of hydrogen-bond acceptors (Lipinski definition) is 10. The van der Waals surface area contributed by atoms with E-state index < -0.39 is 11.5 Å². The van der Waals surface area contributed by atoms with E-state index in [0.717, 1.165) is 0 Å². The molecule has 1 aliphatic heterocycles. The Kier molecular flexibility index (Phi) is 7.24. The maximum atomic E-state index is 13.2. The Morgan fingerprint density at radius 1 is 0.976 bits per heavy atom. The molecule has 0 saturated heterocycles. The third kappa shape index (κ3) is 5.00. The minimum absolute atomic E-state index is 0.0191. The first-order valence-corrected chi connectivity index (χ1v) is 13.0. The molecule has 0 amide bonds. The Morgan fingerprint density at radius 3 is 2.22 bits per heavy atom. The van der Waals surface area contributed by atoms with Crippen molar-refractivity contribution in [3.05, 3.63) is 74.5 Å². The molecule has 41 heavy (non-hydrogen) atoms. The van der Waals surface area contributed by atoms with Crippen LogP contribution < -0.4 is 41.2 Å². The molecule has 2 N–H and O–H groups in total. The van der Waals surface area contributed by atoms with Crippen molar-refractivity contribution >= 4 is 17.7 Å². The lowest BCUT2D eigenvalue weighted by molar-refractivity contribution is 0.230. The number of nitriles is 1. The van der Waals surface area contributed by atoms with Gasteiger partial charge in [0.25, 0.3) is 6.01 Å². The molecule has 0 fully saturated rings. The molecular weight excluding hydrogens is 528 g/mol. The average molecular weight is 559 g/mol. The van der Waals surface area contributed by atoms with Crippen molar-refractivity contribution in [1.29, 1.82) is 5.26 Å². The van der Waals surface area contributed by atoms with Crippen LogP contribution in [-0.2, 0) is 0 Å². The van der Waals surface area contributed by atoms with E-state index in [1.807, 2.05) is 27.7 Å². The number of oxazole rings is 2. The molecule has 0 aliphatic carbocycles. The van der Waals surface area contributed by atoms with E-state index in [1.54, 1.807) is 42.5 Å². The van der Waals surface area contributed by atoms with Crippen LogP contribution in [0.3, 0.4) is 0 Å². The van der Waals surface area contributed by atoms with Crippen LogP contribution in [0.2, 0.25) is 0 Å². The van der Waals surface area contributed by atoms with Gasteiger partial charge in [-0.05, 0) is 69.2 Å². The van der Waals surface area contributed by atoms with Crippen LogP contribution in [0, 0.1) is 11.3 Å². The van der Waals surface area contributed by atoms with E-state index in [2.05, 4.69) is 11.1 Å². The summed E-state index contributed by atoms with van der Waals surface area (Å²) in [5.41, 5.74) is 7.13. The Labute approximate surface area is 235 Å². The topological polar surface area (TPSA) is 148 Å². The number of benzene rings is 2. The fourth-order valence-corrected chi connectivity index (χ4v) is 4.77. The van der Waals surface area contributed by atoms with Gasteiger partial charge in [-0.2, -0.15) is 10.2 Å². The van der Waals surface area contributed by atoms with E-state index in [0.29, 0.717) is 39.8 Å². The first kappa shape index (κ1) is 27.5. The molecule has 0 saturated carbocycles. The summed E-state index contributed by atoms with van der Waals surface area (Å²) in [6.07, 6.45) is 1.49. The van der Waals surface area contributed by atoms with Crippen LogP contribution in [0.15, 0.2) is 50.0 Å². The van der Waals surface area contributed by atoms with Gasteiger partial charge in [-0.1, -0.05) is 12.1 Å². The number of aromatic nitrogens is 2. The molecule has 3 heterocycles. The van der Waals surface area contributed by atoms with Gasteiger partial charge in [0.15, 0.2) is 23.0 Å². The molecule has 11 heteroatoms. The molecule has 0 bridgehead atoms. The fourth-order valence-electron chi connectivity index (χ4n) is 4.77. The second-order valence-corrected chi connectivity index (χ2v) is 9.91. The minimum Gasteiger partial charge on any atom is -0.493 e. The molecule has 212 valence electrons. The Morgan fingerprint density at radius 2 is 1.61 bits per heavy atom. The zero-order chi connectivity index (χ0) is 29.4. The van der Waals surface area contributed by atoms with Gasteiger partial charge in [-0.15, -0.1) is 0 Å². The fraction of sp³-hybridized carbons (Fsp3) is 0.300. The third-order valence-electron chi connectivity index (χ3n) is 6.35. The SMILES string of the molecule is COc1cc(/C=c2/c(=O)oc3n2-c2oc(N)nc2[C@H](c2ccc(OC(C)C)c(OC)c2)C=3C#N)ccc1OC(C)C. The first-order valence-electron chi connectivity index (χ1n) is 13.0. The van der Waals surface area contributed by atoms with Gasteiger partial charge in [0.05, 0.1) is 32.3 Å². The highest BCUT2D eigenvalue weighted by Crippen LogP contribution is 2.41. The summed E-state index contributed by atoms with van der Waals surface area (Å²) in [5.74, 6) is 1.51. The number of rotatable bonds is 8. The monoisotopic (exact) mass is 558 g/mol. The second kappa shape index (κ2) is 10.8. The number of hydrogen-bond donors (Lipinski definition) is 1. The van der Waals surface area contributed by atoms with Gasteiger partial charge < -0.3 is 33.5 Å². The van der Waals surface area contributed by atoms with Crippen LogP contribution in [0.4, 0.5) is 6.01 Å².